The Balaban J connectivity index is 2.78. The largest absolute Gasteiger partial charge is 0.486 e. The van der Waals surface area contributed by atoms with Crippen LogP contribution >= 0.6 is 0 Å². The van der Waals surface area contributed by atoms with E-state index in [0.29, 0.717) is 0 Å². The van der Waals surface area contributed by atoms with Gasteiger partial charge in [0.15, 0.2) is 5.75 Å². The Labute approximate surface area is 90.5 Å². The minimum absolute atomic E-state index is 0.0346. The third-order valence-corrected chi connectivity index (χ3v) is 1.75. The number of halogens is 1. The quantitative estimate of drug-likeness (QED) is 0.344. The summed E-state index contributed by atoms with van der Waals surface area (Å²) in [6.45, 7) is 0.0435. The van der Waals surface area contributed by atoms with Crippen LogP contribution in [0.25, 0.3) is 0 Å². The van der Waals surface area contributed by atoms with Gasteiger partial charge >= 0.3 is 5.69 Å². The second kappa shape index (κ2) is 5.06. The van der Waals surface area contributed by atoms with Gasteiger partial charge in [0, 0.05) is 6.42 Å². The number of nitrogens with zero attached hydrogens (tertiary/aromatic N) is 1. The number of benzene rings is 1. The van der Waals surface area contributed by atoms with Gasteiger partial charge in [-0.25, -0.2) is 4.39 Å². The van der Waals surface area contributed by atoms with Crippen LogP contribution < -0.4 is 10.5 Å². The number of hydrogen-bond acceptors (Lipinski definition) is 4. The van der Waals surface area contributed by atoms with Crippen molar-refractivity contribution >= 4 is 11.5 Å². The number of nitro groups is 1. The number of nitro benzene ring substituents is 1. The van der Waals surface area contributed by atoms with Crippen molar-refractivity contribution in [2.75, 3.05) is 6.61 Å². The monoisotopic (exact) mass is 227 g/mol. The summed E-state index contributed by atoms with van der Waals surface area (Å²) in [5.41, 5.74) is 4.65. The van der Waals surface area contributed by atoms with Crippen LogP contribution in [0.5, 0.6) is 5.75 Å². The number of nitrogens with two attached hydrogens (primary N) is 1. The molecule has 0 bridgehead atoms. The lowest BCUT2D eigenvalue weighted by Gasteiger charge is -2.05. The highest BCUT2D eigenvalue weighted by Crippen LogP contribution is 2.27. The summed E-state index contributed by atoms with van der Waals surface area (Å²) >= 11 is 0. The van der Waals surface area contributed by atoms with Gasteiger partial charge < -0.3 is 10.5 Å². The Hall–Kier alpha value is -2.18. The van der Waals surface area contributed by atoms with Gasteiger partial charge in [-0.15, -0.1) is 0 Å². The standard InChI is InChI=1S/C9H10FN3O3/c10-6-1-2-8(7(5-6)13(14)15)16-4-3-9(11)12/h1-2,5H,3-4H2,(H3,11,12). The molecule has 0 amide bonds. The number of nitrogens with one attached hydrogen (secondary N) is 1. The molecule has 0 aliphatic carbocycles. The van der Waals surface area contributed by atoms with E-state index in [1.54, 1.807) is 0 Å². The molecule has 0 aromatic heterocycles. The highest BCUT2D eigenvalue weighted by molar-refractivity contribution is 5.76. The van der Waals surface area contributed by atoms with Gasteiger partial charge in [-0.3, -0.25) is 15.5 Å². The lowest BCUT2D eigenvalue weighted by Crippen LogP contribution is -2.14. The van der Waals surface area contributed by atoms with Crippen molar-refractivity contribution in [1.82, 2.24) is 0 Å². The molecule has 1 rings (SSSR count). The van der Waals surface area contributed by atoms with Crippen molar-refractivity contribution in [2.24, 2.45) is 5.73 Å². The van der Waals surface area contributed by atoms with Gasteiger partial charge in [-0.1, -0.05) is 0 Å². The van der Waals surface area contributed by atoms with Crippen LogP contribution in [0.4, 0.5) is 10.1 Å². The van der Waals surface area contributed by atoms with Crippen molar-refractivity contribution in [2.45, 2.75) is 6.42 Å². The van der Waals surface area contributed by atoms with Crippen molar-refractivity contribution in [1.29, 1.82) is 5.41 Å². The summed E-state index contributed by atoms with van der Waals surface area (Å²) in [4.78, 5) is 9.83. The van der Waals surface area contributed by atoms with Gasteiger partial charge in [-0.2, -0.15) is 0 Å². The Morgan fingerprint density at radius 1 is 1.62 bits per heavy atom. The smallest absolute Gasteiger partial charge is 0.313 e. The second-order valence-corrected chi connectivity index (χ2v) is 2.99. The Bertz CT molecular complexity index is 422. The van der Waals surface area contributed by atoms with E-state index in [4.69, 9.17) is 15.9 Å². The van der Waals surface area contributed by atoms with E-state index in [1.807, 2.05) is 0 Å². The molecule has 0 atom stereocenters. The molecule has 0 spiro atoms. The molecule has 1 aromatic carbocycles. The highest BCUT2D eigenvalue weighted by Gasteiger charge is 2.15. The van der Waals surface area contributed by atoms with Gasteiger partial charge in [0.2, 0.25) is 0 Å². The maximum atomic E-state index is 12.7. The molecule has 0 unspecified atom stereocenters. The normalized spacial score (nSPS) is 9.81. The Kier molecular flexibility index (Phi) is 3.76. The van der Waals surface area contributed by atoms with Crippen LogP contribution in [0.3, 0.4) is 0 Å². The first kappa shape index (κ1) is 11.9. The maximum Gasteiger partial charge on any atom is 0.313 e. The molecular formula is C9H10FN3O3. The number of amidine groups is 1. The fourth-order valence-corrected chi connectivity index (χ4v) is 1.03. The maximum absolute atomic E-state index is 12.7. The summed E-state index contributed by atoms with van der Waals surface area (Å²) in [6, 6.07) is 3.02. The third-order valence-electron chi connectivity index (χ3n) is 1.75. The third kappa shape index (κ3) is 3.19. The first-order chi connectivity index (χ1) is 7.50. The summed E-state index contributed by atoms with van der Waals surface area (Å²) in [5.74, 6) is -0.817. The van der Waals surface area contributed by atoms with Crippen LogP contribution in [0.2, 0.25) is 0 Å². The summed E-state index contributed by atoms with van der Waals surface area (Å²) in [5, 5.41) is 17.5. The van der Waals surface area contributed by atoms with E-state index in [9.17, 15) is 14.5 Å². The molecule has 0 aliphatic heterocycles. The highest BCUT2D eigenvalue weighted by atomic mass is 19.1. The lowest BCUT2D eigenvalue weighted by atomic mass is 10.3. The van der Waals surface area contributed by atoms with Crippen LogP contribution in [0.1, 0.15) is 6.42 Å². The molecule has 0 aliphatic rings. The van der Waals surface area contributed by atoms with Crippen molar-refractivity contribution in [3.8, 4) is 5.75 Å². The van der Waals surface area contributed by atoms with E-state index < -0.39 is 16.4 Å². The first-order valence-electron chi connectivity index (χ1n) is 4.40. The van der Waals surface area contributed by atoms with Crippen molar-refractivity contribution in [3.05, 3.63) is 34.1 Å². The number of rotatable bonds is 5. The molecule has 0 saturated carbocycles. The Morgan fingerprint density at radius 2 is 2.31 bits per heavy atom. The topological polar surface area (TPSA) is 102 Å². The molecule has 0 heterocycles. The predicted molar refractivity (Wildman–Crippen MR) is 55.1 cm³/mol. The molecule has 0 radical (unpaired) electrons. The number of ether oxygens (including phenoxy) is 1. The fourth-order valence-electron chi connectivity index (χ4n) is 1.03. The summed E-state index contributed by atoms with van der Waals surface area (Å²) in [7, 11) is 0. The lowest BCUT2D eigenvalue weighted by molar-refractivity contribution is -0.386. The van der Waals surface area contributed by atoms with E-state index >= 15 is 0 Å². The molecule has 6 nitrogen and oxygen atoms in total. The van der Waals surface area contributed by atoms with E-state index in [-0.39, 0.29) is 24.6 Å². The van der Waals surface area contributed by atoms with Crippen molar-refractivity contribution in [3.63, 3.8) is 0 Å². The van der Waals surface area contributed by atoms with Gasteiger partial charge in [0.25, 0.3) is 0 Å². The van der Waals surface area contributed by atoms with E-state index in [0.717, 1.165) is 12.1 Å². The fraction of sp³-hybridized carbons (Fsp3) is 0.222. The zero-order valence-corrected chi connectivity index (χ0v) is 8.27. The molecule has 3 N–H and O–H groups in total. The first-order valence-corrected chi connectivity index (χ1v) is 4.40. The average Bonchev–Trinajstić information content (AvgIpc) is 2.19. The zero-order chi connectivity index (χ0) is 12.1. The minimum atomic E-state index is -0.730. The van der Waals surface area contributed by atoms with Gasteiger partial charge in [0.1, 0.15) is 5.82 Å². The van der Waals surface area contributed by atoms with Crippen LogP contribution in [-0.2, 0) is 0 Å². The van der Waals surface area contributed by atoms with Crippen molar-refractivity contribution < 1.29 is 14.1 Å². The van der Waals surface area contributed by atoms with Crippen LogP contribution in [0.15, 0.2) is 18.2 Å². The summed E-state index contributed by atoms with van der Waals surface area (Å²) < 4.78 is 17.8. The van der Waals surface area contributed by atoms with E-state index in [2.05, 4.69) is 0 Å². The average molecular weight is 227 g/mol. The molecule has 0 fully saturated rings. The summed E-state index contributed by atoms with van der Waals surface area (Å²) in [6.07, 6.45) is 0.161. The molecule has 1 aromatic rings. The van der Waals surface area contributed by atoms with Crippen LogP contribution in [-0.4, -0.2) is 17.4 Å². The predicted octanol–water partition coefficient (Wildman–Crippen LogP) is 1.44. The molecular weight excluding hydrogens is 217 g/mol. The molecule has 0 saturated heterocycles. The van der Waals surface area contributed by atoms with Gasteiger partial charge in [0.05, 0.1) is 23.4 Å². The van der Waals surface area contributed by atoms with Gasteiger partial charge in [-0.05, 0) is 12.1 Å². The molecule has 86 valence electrons. The SMILES string of the molecule is N=C(N)CCOc1ccc(F)cc1[N+](=O)[O-]. The molecule has 7 heteroatoms. The Morgan fingerprint density at radius 3 is 2.88 bits per heavy atom. The molecule has 16 heavy (non-hydrogen) atoms. The minimum Gasteiger partial charge on any atom is -0.486 e. The van der Waals surface area contributed by atoms with Crippen LogP contribution in [0, 0.1) is 21.3 Å². The zero-order valence-electron chi connectivity index (χ0n) is 8.27. The second-order valence-electron chi connectivity index (χ2n) is 2.99. The number of hydrogen-bond donors (Lipinski definition) is 2. The van der Waals surface area contributed by atoms with E-state index in [1.165, 1.54) is 6.07 Å².